The molecule has 69 heavy (non-hydrogen) atoms. The maximum Gasteiger partial charge on any atom is 0.472 e. The molecule has 1 aliphatic carbocycles. The summed E-state index contributed by atoms with van der Waals surface area (Å²) in [5, 5.41) is 31.9. The van der Waals surface area contributed by atoms with E-state index in [0.29, 0.717) is 19.3 Å². The summed E-state index contributed by atoms with van der Waals surface area (Å²) in [6.45, 7) is 2.92. The van der Waals surface area contributed by atoms with Crippen LogP contribution in [0.5, 0.6) is 0 Å². The van der Waals surface area contributed by atoms with E-state index in [2.05, 4.69) is 59.4 Å². The summed E-state index contributed by atoms with van der Waals surface area (Å²) >= 11 is 0. The molecule has 0 spiro atoms. The second-order valence-electron chi connectivity index (χ2n) is 17.8. The van der Waals surface area contributed by atoms with Crippen LogP contribution in [0.3, 0.4) is 0 Å². The van der Waals surface area contributed by atoms with Crippen LogP contribution in [0.4, 0.5) is 0 Å². The molecule has 1 fully saturated rings. The molecule has 5 unspecified atom stereocenters. The van der Waals surface area contributed by atoms with E-state index in [1.165, 1.54) is 83.5 Å². The summed E-state index contributed by atoms with van der Waals surface area (Å²) < 4.78 is 65.5. The molecule has 19 nitrogen and oxygen atoms in total. The highest BCUT2D eigenvalue weighted by molar-refractivity contribution is 7.47. The van der Waals surface area contributed by atoms with Gasteiger partial charge >= 0.3 is 35.4 Å². The fourth-order valence-electron chi connectivity index (χ4n) is 7.65. The number of aliphatic hydroxyl groups is 3. The number of aliphatic hydroxyl groups excluding tert-OH is 3. The normalized spacial score (nSPS) is 21.6. The van der Waals surface area contributed by atoms with Gasteiger partial charge in [-0.25, -0.2) is 13.7 Å². The predicted molar refractivity (Wildman–Crippen MR) is 261 cm³/mol. The van der Waals surface area contributed by atoms with Gasteiger partial charge in [0.15, 0.2) is 6.10 Å². The van der Waals surface area contributed by atoms with Crippen molar-refractivity contribution in [3.63, 3.8) is 0 Å². The summed E-state index contributed by atoms with van der Waals surface area (Å²) in [4.78, 5) is 73.3. The molecule has 0 heterocycles. The van der Waals surface area contributed by atoms with Gasteiger partial charge in [0, 0.05) is 12.8 Å². The zero-order chi connectivity index (χ0) is 51.4. The topological polar surface area (TPSA) is 303 Å². The third kappa shape index (κ3) is 35.2. The quantitative estimate of drug-likeness (QED) is 0.0122. The smallest absolute Gasteiger partial charge is 0.462 e. The Bertz CT molecular complexity index is 1580. The lowest BCUT2D eigenvalue weighted by Crippen LogP contribution is -2.65. The molecule has 0 saturated heterocycles. The molecule has 1 rings (SSSR count). The van der Waals surface area contributed by atoms with E-state index in [4.69, 9.17) is 18.5 Å². The van der Waals surface area contributed by atoms with Crippen molar-refractivity contribution in [3.05, 3.63) is 36.5 Å². The third-order valence-corrected chi connectivity index (χ3v) is 13.5. The summed E-state index contributed by atoms with van der Waals surface area (Å²) in [6.07, 6.45) is 24.3. The molecule has 0 bridgehead atoms. The van der Waals surface area contributed by atoms with Crippen molar-refractivity contribution in [2.24, 2.45) is 0 Å². The maximum atomic E-state index is 13.1. The third-order valence-electron chi connectivity index (χ3n) is 11.4. The van der Waals surface area contributed by atoms with Crippen molar-refractivity contribution < 1.29 is 90.6 Å². The number of carbonyl (C=O) groups excluding carboxylic acids is 2. The second kappa shape index (κ2) is 38.9. The van der Waals surface area contributed by atoms with E-state index >= 15 is 0 Å². The Morgan fingerprint density at radius 1 is 0.464 bits per heavy atom. The fraction of sp³-hybridized carbons (Fsp3) is 0.830. The van der Waals surface area contributed by atoms with Crippen molar-refractivity contribution in [2.45, 2.75) is 236 Å². The first-order chi connectivity index (χ1) is 32.8. The van der Waals surface area contributed by atoms with E-state index in [1.54, 1.807) is 0 Å². The van der Waals surface area contributed by atoms with Crippen LogP contribution in [0.1, 0.15) is 194 Å². The minimum absolute atomic E-state index is 0.0261. The van der Waals surface area contributed by atoms with E-state index < -0.39 is 91.3 Å². The average molecular weight is 1050 g/mol. The SMILES string of the molecule is CCCCC/C=C\C/C=C\C/C=C\CCCCCCC(=O)O[C@H](COC(=O)CCCCCCCCCCCCCCCCC)COP(=O)(O)O[C@H]1C(O)C(O)C(OP(=O)(O)O)[C@@H](OP(=O)(O)O)C1O. The van der Waals surface area contributed by atoms with Gasteiger partial charge in [0.2, 0.25) is 0 Å². The molecule has 22 heteroatoms. The van der Waals surface area contributed by atoms with E-state index in [1.807, 2.05) is 0 Å². The number of esters is 2. The summed E-state index contributed by atoms with van der Waals surface area (Å²) in [7, 11) is -16.6. The Morgan fingerprint density at radius 3 is 1.32 bits per heavy atom. The van der Waals surface area contributed by atoms with Gasteiger partial charge in [0.25, 0.3) is 0 Å². The van der Waals surface area contributed by atoms with Gasteiger partial charge < -0.3 is 49.3 Å². The summed E-state index contributed by atoms with van der Waals surface area (Å²) in [5.41, 5.74) is 0. The number of phosphoric acid groups is 3. The van der Waals surface area contributed by atoms with Crippen LogP contribution >= 0.6 is 23.5 Å². The Labute approximate surface area is 410 Å². The molecule has 0 aromatic heterocycles. The number of phosphoric ester groups is 3. The highest BCUT2D eigenvalue weighted by Gasteiger charge is 2.56. The molecular formula is C47H87O19P3. The Morgan fingerprint density at radius 2 is 0.841 bits per heavy atom. The first-order valence-corrected chi connectivity index (χ1v) is 29.8. The van der Waals surface area contributed by atoms with E-state index in [9.17, 15) is 63.1 Å². The Balaban J connectivity index is 2.72. The number of allylic oxidation sites excluding steroid dienone is 6. The van der Waals surface area contributed by atoms with Gasteiger partial charge in [0.05, 0.1) is 6.61 Å². The van der Waals surface area contributed by atoms with Crippen LogP contribution in [-0.2, 0) is 50.9 Å². The predicted octanol–water partition coefficient (Wildman–Crippen LogP) is 9.63. The molecule has 0 aromatic rings. The second-order valence-corrected chi connectivity index (χ2v) is 21.5. The lowest BCUT2D eigenvalue weighted by atomic mass is 9.85. The molecular weight excluding hydrogens is 961 g/mol. The molecule has 8 N–H and O–H groups in total. The van der Waals surface area contributed by atoms with Gasteiger partial charge in [-0.2, -0.15) is 0 Å². The van der Waals surface area contributed by atoms with Crippen LogP contribution in [0, 0.1) is 0 Å². The van der Waals surface area contributed by atoms with Crippen LogP contribution in [-0.4, -0.2) is 108 Å². The molecule has 0 aromatic carbocycles. The lowest BCUT2D eigenvalue weighted by molar-refractivity contribution is -0.213. The Hall–Kier alpha value is -1.63. The molecule has 0 aliphatic heterocycles. The molecule has 0 radical (unpaired) electrons. The van der Waals surface area contributed by atoms with Gasteiger partial charge in [-0.05, 0) is 51.4 Å². The lowest BCUT2D eigenvalue weighted by Gasteiger charge is -2.44. The van der Waals surface area contributed by atoms with Crippen LogP contribution in [0.2, 0.25) is 0 Å². The standard InChI is InChI=1S/C47H87O19P3/c1-3-5-7-9-11-13-15-17-19-20-22-24-26-28-30-32-34-36-41(49)63-39(37-61-40(48)35-33-31-29-27-25-23-21-18-16-14-12-10-8-6-4-2)38-62-69(59,60)66-45-42(50)43(51)46(64-67(53,54)55)47(44(45)52)65-68(56,57)58/h11,13,17,19,22,24,39,42-47,50-52H,3-10,12,14-16,18,20-21,23,25-38H2,1-2H3,(H,59,60)(H2,53,54,55)(H2,56,57,58)/b13-11-,19-17-,24-22-/t39-,42?,43?,44?,45+,46?,47+/m1/s1. The molecule has 1 saturated carbocycles. The van der Waals surface area contributed by atoms with Crippen LogP contribution < -0.4 is 0 Å². The van der Waals surface area contributed by atoms with Gasteiger partial charge in [-0.3, -0.25) is 27.7 Å². The van der Waals surface area contributed by atoms with Crippen LogP contribution in [0.25, 0.3) is 0 Å². The van der Waals surface area contributed by atoms with Gasteiger partial charge in [-0.1, -0.05) is 166 Å². The zero-order valence-electron chi connectivity index (χ0n) is 41.1. The minimum atomic E-state index is -5.60. The van der Waals surface area contributed by atoms with Gasteiger partial charge in [-0.15, -0.1) is 0 Å². The first-order valence-electron chi connectivity index (χ1n) is 25.3. The van der Waals surface area contributed by atoms with Crippen molar-refractivity contribution in [1.82, 2.24) is 0 Å². The molecule has 1 aliphatic rings. The zero-order valence-corrected chi connectivity index (χ0v) is 43.8. The van der Waals surface area contributed by atoms with Crippen molar-refractivity contribution >= 4 is 35.4 Å². The number of unbranched alkanes of at least 4 members (excludes halogenated alkanes) is 21. The minimum Gasteiger partial charge on any atom is -0.462 e. The molecule has 8 atom stereocenters. The summed E-state index contributed by atoms with van der Waals surface area (Å²) in [5.74, 6) is -1.32. The van der Waals surface area contributed by atoms with E-state index in [0.717, 1.165) is 64.2 Å². The largest absolute Gasteiger partial charge is 0.472 e. The number of ether oxygens (including phenoxy) is 2. The molecule has 0 amide bonds. The highest BCUT2D eigenvalue weighted by atomic mass is 31.2. The van der Waals surface area contributed by atoms with Crippen molar-refractivity contribution in [1.29, 1.82) is 0 Å². The molecule has 404 valence electrons. The number of carbonyl (C=O) groups is 2. The number of rotatable bonds is 43. The van der Waals surface area contributed by atoms with Crippen LogP contribution in [0.15, 0.2) is 36.5 Å². The number of hydrogen-bond acceptors (Lipinski definition) is 14. The van der Waals surface area contributed by atoms with Crippen molar-refractivity contribution in [2.75, 3.05) is 13.2 Å². The van der Waals surface area contributed by atoms with Crippen molar-refractivity contribution in [3.8, 4) is 0 Å². The first kappa shape index (κ1) is 65.4. The monoisotopic (exact) mass is 1050 g/mol. The Kier molecular flexibility index (Phi) is 36.9. The maximum absolute atomic E-state index is 13.1. The van der Waals surface area contributed by atoms with Gasteiger partial charge in [0.1, 0.15) is 43.2 Å². The fourth-order valence-corrected chi connectivity index (χ4v) is 9.75. The highest BCUT2D eigenvalue weighted by Crippen LogP contribution is 2.51. The van der Waals surface area contributed by atoms with E-state index in [-0.39, 0.29) is 12.8 Å². The average Bonchev–Trinajstić information content (AvgIpc) is 3.28. The summed E-state index contributed by atoms with van der Waals surface area (Å²) in [6, 6.07) is 0. The number of hydrogen-bond donors (Lipinski definition) is 8.